The Hall–Kier alpha value is -1.25. The van der Waals surface area contributed by atoms with E-state index in [2.05, 4.69) is 0 Å². The zero-order valence-electron chi connectivity index (χ0n) is 6.84. The monoisotopic (exact) mass is 182 g/mol. The summed E-state index contributed by atoms with van der Waals surface area (Å²) in [7, 11) is 0. The molecule has 1 aliphatic rings. The van der Waals surface area contributed by atoms with E-state index in [0.717, 1.165) is 0 Å². The summed E-state index contributed by atoms with van der Waals surface area (Å²) >= 11 is 0. The van der Waals surface area contributed by atoms with Gasteiger partial charge in [-0.15, -0.1) is 0 Å². The van der Waals surface area contributed by atoms with Crippen LogP contribution in [0.15, 0.2) is 30.3 Å². The van der Waals surface area contributed by atoms with E-state index in [-0.39, 0.29) is 6.42 Å². The molecular formula is C10H8F2O. The SMILES string of the molecule is O=C(c1ccccc1)C1CC1(F)F. The second-order valence-corrected chi connectivity index (χ2v) is 3.25. The van der Waals surface area contributed by atoms with Crippen molar-refractivity contribution in [2.24, 2.45) is 5.92 Å². The Morgan fingerprint density at radius 2 is 1.85 bits per heavy atom. The zero-order valence-corrected chi connectivity index (χ0v) is 6.84. The lowest BCUT2D eigenvalue weighted by molar-refractivity contribution is 0.0757. The summed E-state index contributed by atoms with van der Waals surface area (Å²) in [5, 5.41) is 0. The number of carbonyl (C=O) groups is 1. The van der Waals surface area contributed by atoms with Gasteiger partial charge in [0, 0.05) is 12.0 Å². The molecule has 1 nitrogen and oxygen atoms in total. The molecule has 0 radical (unpaired) electrons. The third kappa shape index (κ3) is 1.46. The fourth-order valence-corrected chi connectivity index (χ4v) is 1.30. The van der Waals surface area contributed by atoms with Crippen molar-refractivity contribution in [2.45, 2.75) is 12.3 Å². The highest BCUT2D eigenvalue weighted by Gasteiger charge is 2.60. The van der Waals surface area contributed by atoms with Crippen molar-refractivity contribution in [2.75, 3.05) is 0 Å². The minimum absolute atomic E-state index is 0.291. The van der Waals surface area contributed by atoms with Gasteiger partial charge in [0.1, 0.15) is 0 Å². The predicted octanol–water partition coefficient (Wildman–Crippen LogP) is 2.52. The molecule has 0 bridgehead atoms. The molecule has 0 aliphatic heterocycles. The van der Waals surface area contributed by atoms with Crippen LogP contribution in [0, 0.1) is 5.92 Å². The molecule has 1 saturated carbocycles. The molecule has 2 rings (SSSR count). The predicted molar refractivity (Wildman–Crippen MR) is 43.8 cm³/mol. The second-order valence-electron chi connectivity index (χ2n) is 3.25. The van der Waals surface area contributed by atoms with Crippen LogP contribution in [0.4, 0.5) is 8.78 Å². The van der Waals surface area contributed by atoms with E-state index >= 15 is 0 Å². The van der Waals surface area contributed by atoms with Crippen molar-refractivity contribution in [1.29, 1.82) is 0 Å². The third-order valence-corrected chi connectivity index (χ3v) is 2.20. The Kier molecular flexibility index (Phi) is 1.68. The Balaban J connectivity index is 2.17. The summed E-state index contributed by atoms with van der Waals surface area (Å²) in [6.45, 7) is 0. The topological polar surface area (TPSA) is 17.1 Å². The smallest absolute Gasteiger partial charge is 0.259 e. The molecule has 1 fully saturated rings. The standard InChI is InChI=1S/C10H8F2O/c11-10(12)6-8(10)9(13)7-4-2-1-3-5-7/h1-5,8H,6H2. The number of rotatable bonds is 2. The van der Waals surface area contributed by atoms with Crippen LogP contribution in [0.1, 0.15) is 16.8 Å². The van der Waals surface area contributed by atoms with E-state index in [4.69, 9.17) is 0 Å². The van der Waals surface area contributed by atoms with Gasteiger partial charge in [-0.25, -0.2) is 8.78 Å². The van der Waals surface area contributed by atoms with Crippen molar-refractivity contribution >= 4 is 5.78 Å². The summed E-state index contributed by atoms with van der Waals surface area (Å²) < 4.78 is 25.0. The van der Waals surface area contributed by atoms with E-state index < -0.39 is 17.6 Å². The molecule has 0 saturated heterocycles. The fraction of sp³-hybridized carbons (Fsp3) is 0.300. The average Bonchev–Trinajstić information content (AvgIpc) is 2.76. The average molecular weight is 182 g/mol. The number of benzene rings is 1. The van der Waals surface area contributed by atoms with E-state index in [0.29, 0.717) is 5.56 Å². The Morgan fingerprint density at radius 3 is 2.31 bits per heavy atom. The molecule has 0 N–H and O–H groups in total. The van der Waals surface area contributed by atoms with Crippen molar-refractivity contribution in [3.8, 4) is 0 Å². The molecule has 0 spiro atoms. The highest BCUT2D eigenvalue weighted by Crippen LogP contribution is 2.50. The van der Waals surface area contributed by atoms with Crippen molar-refractivity contribution in [1.82, 2.24) is 0 Å². The summed E-state index contributed by atoms with van der Waals surface area (Å²) in [6.07, 6.45) is -0.291. The number of hydrogen-bond acceptors (Lipinski definition) is 1. The van der Waals surface area contributed by atoms with E-state index in [1.807, 2.05) is 0 Å². The number of Topliss-reactive ketones (excluding diaryl/α,β-unsaturated/α-hetero) is 1. The first kappa shape index (κ1) is 8.35. The maximum atomic E-state index is 12.5. The number of ketones is 1. The van der Waals surface area contributed by atoms with Gasteiger partial charge in [0.25, 0.3) is 5.92 Å². The molecule has 1 unspecified atom stereocenters. The van der Waals surface area contributed by atoms with Crippen LogP contribution in [-0.4, -0.2) is 11.7 Å². The third-order valence-electron chi connectivity index (χ3n) is 2.20. The first-order chi connectivity index (χ1) is 6.11. The van der Waals surface area contributed by atoms with Gasteiger partial charge in [-0.1, -0.05) is 30.3 Å². The quantitative estimate of drug-likeness (QED) is 0.642. The van der Waals surface area contributed by atoms with Gasteiger partial charge in [0.2, 0.25) is 0 Å². The maximum absolute atomic E-state index is 12.5. The molecule has 0 heterocycles. The largest absolute Gasteiger partial charge is 0.294 e. The lowest BCUT2D eigenvalue weighted by atomic mass is 10.1. The van der Waals surface area contributed by atoms with Crippen molar-refractivity contribution in [3.63, 3.8) is 0 Å². The van der Waals surface area contributed by atoms with Crippen LogP contribution in [0.25, 0.3) is 0 Å². The molecule has 1 aromatic carbocycles. The minimum atomic E-state index is -2.76. The molecule has 0 amide bonds. The molecule has 0 aromatic heterocycles. The van der Waals surface area contributed by atoms with Gasteiger partial charge in [0.15, 0.2) is 5.78 Å². The molecular weight excluding hydrogens is 174 g/mol. The van der Waals surface area contributed by atoms with Crippen LogP contribution in [-0.2, 0) is 0 Å². The summed E-state index contributed by atoms with van der Waals surface area (Å²) in [5.41, 5.74) is 0.379. The van der Waals surface area contributed by atoms with E-state index in [9.17, 15) is 13.6 Å². The minimum Gasteiger partial charge on any atom is -0.294 e. The normalized spacial score (nSPS) is 24.0. The van der Waals surface area contributed by atoms with Crippen LogP contribution in [0.3, 0.4) is 0 Å². The van der Waals surface area contributed by atoms with E-state index in [1.54, 1.807) is 30.3 Å². The summed E-state index contributed by atoms with van der Waals surface area (Å²) in [6, 6.07) is 8.23. The fourth-order valence-electron chi connectivity index (χ4n) is 1.30. The zero-order chi connectivity index (χ0) is 9.47. The van der Waals surface area contributed by atoms with Gasteiger partial charge < -0.3 is 0 Å². The molecule has 1 atom stereocenters. The lowest BCUT2D eigenvalue weighted by Gasteiger charge is -1.97. The highest BCUT2D eigenvalue weighted by molar-refractivity contribution is 6.00. The van der Waals surface area contributed by atoms with Crippen molar-refractivity contribution < 1.29 is 13.6 Å². The van der Waals surface area contributed by atoms with Crippen LogP contribution < -0.4 is 0 Å². The van der Waals surface area contributed by atoms with E-state index in [1.165, 1.54) is 0 Å². The maximum Gasteiger partial charge on any atom is 0.259 e. The number of hydrogen-bond donors (Lipinski definition) is 0. The van der Waals surface area contributed by atoms with Gasteiger partial charge in [-0.05, 0) is 0 Å². The molecule has 68 valence electrons. The molecule has 1 aromatic rings. The summed E-state index contributed by atoms with van der Waals surface area (Å²) in [5.74, 6) is -4.27. The molecule has 1 aliphatic carbocycles. The molecule has 13 heavy (non-hydrogen) atoms. The number of halogens is 2. The van der Waals surface area contributed by atoms with Gasteiger partial charge >= 0.3 is 0 Å². The number of alkyl halides is 2. The van der Waals surface area contributed by atoms with Crippen molar-refractivity contribution in [3.05, 3.63) is 35.9 Å². The van der Waals surface area contributed by atoms with Crippen LogP contribution in [0.5, 0.6) is 0 Å². The highest BCUT2D eigenvalue weighted by atomic mass is 19.3. The molecule has 3 heteroatoms. The van der Waals surface area contributed by atoms with Crippen LogP contribution in [0.2, 0.25) is 0 Å². The first-order valence-electron chi connectivity index (χ1n) is 4.08. The lowest BCUT2D eigenvalue weighted by Crippen LogP contribution is -2.07. The Bertz CT molecular complexity index is 332. The summed E-state index contributed by atoms with van der Waals surface area (Å²) in [4.78, 5) is 11.3. The number of carbonyl (C=O) groups excluding carboxylic acids is 1. The van der Waals surface area contributed by atoms with Gasteiger partial charge in [-0.3, -0.25) is 4.79 Å². The Labute approximate surface area is 74.4 Å². The van der Waals surface area contributed by atoms with Gasteiger partial charge in [-0.2, -0.15) is 0 Å². The first-order valence-corrected chi connectivity index (χ1v) is 4.08. The Morgan fingerprint density at radius 1 is 1.31 bits per heavy atom. The second kappa shape index (κ2) is 2.62. The van der Waals surface area contributed by atoms with Gasteiger partial charge in [0.05, 0.1) is 5.92 Å². The van der Waals surface area contributed by atoms with Crippen LogP contribution >= 0.6 is 0 Å².